The van der Waals surface area contributed by atoms with E-state index in [9.17, 15) is 4.79 Å². The molecule has 1 aliphatic heterocycles. The number of carbonyl (C=O) groups is 1. The van der Waals surface area contributed by atoms with Gasteiger partial charge in [0.2, 0.25) is 5.91 Å². The Morgan fingerprint density at radius 1 is 1.50 bits per heavy atom. The molecular formula is C14H23N5O. The largest absolute Gasteiger partial charge is 0.355 e. The van der Waals surface area contributed by atoms with Gasteiger partial charge in [-0.3, -0.25) is 19.7 Å². The van der Waals surface area contributed by atoms with Crippen LogP contribution in [0.2, 0.25) is 0 Å². The van der Waals surface area contributed by atoms with Crippen LogP contribution >= 0.6 is 0 Å². The van der Waals surface area contributed by atoms with Crippen LogP contribution < -0.4 is 5.32 Å². The molecular weight excluding hydrogens is 254 g/mol. The second kappa shape index (κ2) is 7.31. The minimum atomic E-state index is 0.0910. The molecule has 0 spiro atoms. The molecule has 110 valence electrons. The highest BCUT2D eigenvalue weighted by Crippen LogP contribution is 2.12. The zero-order chi connectivity index (χ0) is 14.4. The molecule has 0 bridgehead atoms. The third kappa shape index (κ3) is 4.54. The Hall–Kier alpha value is -1.53. The van der Waals surface area contributed by atoms with Gasteiger partial charge in [-0.25, -0.2) is 0 Å². The van der Waals surface area contributed by atoms with E-state index in [-0.39, 0.29) is 5.91 Å². The molecule has 1 unspecified atom stereocenters. The number of hydrogen-bond donors (Lipinski definition) is 1. The second-order valence-electron chi connectivity index (χ2n) is 5.44. The zero-order valence-corrected chi connectivity index (χ0v) is 12.2. The van der Waals surface area contributed by atoms with Gasteiger partial charge in [0.1, 0.15) is 0 Å². The molecule has 0 radical (unpaired) electrons. The zero-order valence-electron chi connectivity index (χ0n) is 12.2. The Morgan fingerprint density at radius 2 is 2.35 bits per heavy atom. The van der Waals surface area contributed by atoms with Crippen molar-refractivity contribution >= 4 is 5.91 Å². The molecule has 1 atom stereocenters. The van der Waals surface area contributed by atoms with Crippen LogP contribution in [0.25, 0.3) is 0 Å². The third-order valence-electron chi connectivity index (χ3n) is 3.66. The lowest BCUT2D eigenvalue weighted by molar-refractivity contribution is -0.122. The molecule has 1 aromatic rings. The fraction of sp³-hybridized carbons (Fsp3) is 0.643. The number of aromatic nitrogens is 2. The lowest BCUT2D eigenvalue weighted by Crippen LogP contribution is -2.38. The van der Waals surface area contributed by atoms with E-state index in [2.05, 4.69) is 39.2 Å². The van der Waals surface area contributed by atoms with E-state index in [4.69, 9.17) is 0 Å². The summed E-state index contributed by atoms with van der Waals surface area (Å²) in [4.78, 5) is 24.5. The van der Waals surface area contributed by atoms with Crippen molar-refractivity contribution in [3.63, 3.8) is 0 Å². The second-order valence-corrected chi connectivity index (χ2v) is 5.44. The Morgan fingerprint density at radius 3 is 3.00 bits per heavy atom. The van der Waals surface area contributed by atoms with Gasteiger partial charge in [0, 0.05) is 50.7 Å². The summed E-state index contributed by atoms with van der Waals surface area (Å²) in [6.45, 7) is 3.08. The van der Waals surface area contributed by atoms with Gasteiger partial charge in [-0.05, 0) is 20.5 Å². The third-order valence-corrected chi connectivity index (χ3v) is 3.66. The van der Waals surface area contributed by atoms with Gasteiger partial charge >= 0.3 is 0 Å². The highest BCUT2D eigenvalue weighted by atomic mass is 16.2. The number of rotatable bonds is 6. The number of hydrogen-bond acceptors (Lipinski definition) is 5. The van der Waals surface area contributed by atoms with Crippen molar-refractivity contribution in [1.82, 2.24) is 25.1 Å². The first-order valence-corrected chi connectivity index (χ1v) is 7.05. The average molecular weight is 277 g/mol. The van der Waals surface area contributed by atoms with Crippen LogP contribution in [0, 0.1) is 0 Å². The maximum atomic E-state index is 11.9. The summed E-state index contributed by atoms with van der Waals surface area (Å²) in [5.41, 5.74) is 0.904. The van der Waals surface area contributed by atoms with E-state index in [0.717, 1.165) is 31.6 Å². The number of nitrogens with zero attached hydrogens (tertiary/aromatic N) is 4. The summed E-state index contributed by atoms with van der Waals surface area (Å²) in [5, 5.41) is 2.94. The Labute approximate surface area is 120 Å². The standard InChI is InChI=1S/C14H23N5O/c1-18(2)13-4-8-19(10-13)11-14(20)17-5-3-12-9-15-6-7-16-12/h6-7,9,13H,3-5,8,10-11H2,1-2H3,(H,17,20). The minimum Gasteiger partial charge on any atom is -0.355 e. The normalized spacial score (nSPS) is 19.4. The van der Waals surface area contributed by atoms with E-state index >= 15 is 0 Å². The van der Waals surface area contributed by atoms with Gasteiger partial charge in [-0.1, -0.05) is 0 Å². The van der Waals surface area contributed by atoms with E-state index in [1.165, 1.54) is 0 Å². The van der Waals surface area contributed by atoms with Gasteiger partial charge < -0.3 is 10.2 Å². The predicted octanol–water partition coefficient (Wildman–Crippen LogP) is -0.229. The quantitative estimate of drug-likeness (QED) is 0.778. The van der Waals surface area contributed by atoms with Crippen molar-refractivity contribution in [2.45, 2.75) is 18.9 Å². The van der Waals surface area contributed by atoms with E-state index in [1.54, 1.807) is 18.6 Å². The molecule has 2 rings (SSSR count). The summed E-state index contributed by atoms with van der Waals surface area (Å²) in [7, 11) is 4.18. The van der Waals surface area contributed by atoms with Crippen LogP contribution in [-0.4, -0.2) is 72.0 Å². The van der Waals surface area contributed by atoms with Crippen molar-refractivity contribution in [2.24, 2.45) is 0 Å². The van der Waals surface area contributed by atoms with Crippen LogP contribution in [0.5, 0.6) is 0 Å². The van der Waals surface area contributed by atoms with Gasteiger partial charge in [0.25, 0.3) is 0 Å². The molecule has 1 aliphatic rings. The summed E-state index contributed by atoms with van der Waals surface area (Å²) in [6.07, 6.45) is 6.91. The monoisotopic (exact) mass is 277 g/mol. The average Bonchev–Trinajstić information content (AvgIpc) is 2.88. The molecule has 0 aromatic carbocycles. The molecule has 1 fully saturated rings. The van der Waals surface area contributed by atoms with Crippen LogP contribution in [0.3, 0.4) is 0 Å². The summed E-state index contributed by atoms with van der Waals surface area (Å²) >= 11 is 0. The number of amides is 1. The predicted molar refractivity (Wildman–Crippen MR) is 77.3 cm³/mol. The number of nitrogens with one attached hydrogen (secondary N) is 1. The van der Waals surface area contributed by atoms with Crippen LogP contribution in [-0.2, 0) is 11.2 Å². The molecule has 1 amide bonds. The Bertz CT molecular complexity index is 423. The SMILES string of the molecule is CN(C)C1CCN(CC(=O)NCCc2cnccn2)C1. The number of likely N-dealkylation sites (N-methyl/N-ethyl adjacent to an activating group) is 1. The highest BCUT2D eigenvalue weighted by molar-refractivity contribution is 5.78. The van der Waals surface area contributed by atoms with Gasteiger partial charge in [-0.2, -0.15) is 0 Å². The molecule has 6 heteroatoms. The first-order chi connectivity index (χ1) is 9.65. The van der Waals surface area contributed by atoms with E-state index < -0.39 is 0 Å². The van der Waals surface area contributed by atoms with Crippen molar-refractivity contribution in [3.8, 4) is 0 Å². The summed E-state index contributed by atoms with van der Waals surface area (Å²) in [5.74, 6) is 0.0910. The van der Waals surface area contributed by atoms with Gasteiger partial charge in [-0.15, -0.1) is 0 Å². The smallest absolute Gasteiger partial charge is 0.234 e. The Kier molecular flexibility index (Phi) is 5.43. The molecule has 1 saturated heterocycles. The van der Waals surface area contributed by atoms with E-state index in [1.807, 2.05) is 0 Å². The van der Waals surface area contributed by atoms with E-state index in [0.29, 0.717) is 19.1 Å². The molecule has 20 heavy (non-hydrogen) atoms. The molecule has 1 aromatic heterocycles. The summed E-state index contributed by atoms with van der Waals surface area (Å²) in [6, 6.07) is 0.572. The molecule has 0 saturated carbocycles. The maximum Gasteiger partial charge on any atom is 0.234 e. The molecule has 6 nitrogen and oxygen atoms in total. The maximum absolute atomic E-state index is 11.9. The van der Waals surface area contributed by atoms with Crippen LogP contribution in [0.4, 0.5) is 0 Å². The fourth-order valence-corrected chi connectivity index (χ4v) is 2.43. The lowest BCUT2D eigenvalue weighted by atomic mass is 10.2. The van der Waals surface area contributed by atoms with Crippen molar-refractivity contribution in [3.05, 3.63) is 24.3 Å². The van der Waals surface area contributed by atoms with Gasteiger partial charge in [0.15, 0.2) is 0 Å². The fourth-order valence-electron chi connectivity index (χ4n) is 2.43. The highest BCUT2D eigenvalue weighted by Gasteiger charge is 2.24. The number of likely N-dealkylation sites (tertiary alicyclic amines) is 1. The summed E-state index contributed by atoms with van der Waals surface area (Å²) < 4.78 is 0. The number of carbonyl (C=O) groups excluding carboxylic acids is 1. The van der Waals surface area contributed by atoms with Crippen LogP contribution in [0.15, 0.2) is 18.6 Å². The first kappa shape index (κ1) is 14.9. The van der Waals surface area contributed by atoms with Gasteiger partial charge in [0.05, 0.1) is 12.2 Å². The molecule has 0 aliphatic carbocycles. The van der Waals surface area contributed by atoms with Crippen molar-refractivity contribution < 1.29 is 4.79 Å². The minimum absolute atomic E-state index is 0.0910. The topological polar surface area (TPSA) is 61.4 Å². The molecule has 2 heterocycles. The van der Waals surface area contributed by atoms with Crippen molar-refractivity contribution in [2.75, 3.05) is 40.3 Å². The van der Waals surface area contributed by atoms with Crippen molar-refractivity contribution in [1.29, 1.82) is 0 Å². The Balaban J connectivity index is 1.64. The van der Waals surface area contributed by atoms with Crippen LogP contribution in [0.1, 0.15) is 12.1 Å². The lowest BCUT2D eigenvalue weighted by Gasteiger charge is -2.20. The first-order valence-electron chi connectivity index (χ1n) is 7.05. The molecule has 1 N–H and O–H groups in total.